The van der Waals surface area contributed by atoms with Gasteiger partial charge in [0, 0.05) is 0 Å². The second-order valence-corrected chi connectivity index (χ2v) is 24.5. The van der Waals surface area contributed by atoms with Gasteiger partial charge in [0.1, 0.15) is 0 Å². The van der Waals surface area contributed by atoms with Crippen LogP contribution < -0.4 is 15.6 Å². The minimum atomic E-state index is -3.54. The molecule has 9 aromatic carbocycles. The molecule has 0 saturated heterocycles. The van der Waals surface area contributed by atoms with E-state index in [0.717, 1.165) is 38.5 Å². The van der Waals surface area contributed by atoms with Gasteiger partial charge >= 0.3 is 0 Å². The lowest BCUT2D eigenvalue weighted by molar-refractivity contribution is 0.850. The van der Waals surface area contributed by atoms with Crippen LogP contribution in [-0.2, 0) is 38.5 Å². The fraction of sp³-hybridized carbons (Fsp3) is 0.194. The summed E-state index contributed by atoms with van der Waals surface area (Å²) in [5, 5.41) is 6.39. The van der Waals surface area contributed by atoms with E-state index in [9.17, 15) is 0 Å². The molecule has 0 aromatic heterocycles. The summed E-state index contributed by atoms with van der Waals surface area (Å²) in [5.74, 6) is 0.219. The average Bonchev–Trinajstić information content (AvgIpc) is 3.62. The SMILES string of the molecule is CC1=C(C)C(C)C([Si](c2c(C)ccc(Cc3ccccc3)c2Cc2ccccc2)(c2c(C)ccc(Cc3ccccc3)c2Cc2ccccc2)c2c(C)ccc(Cc3ccccc3)c2Cc2ccccc2)=C1C. The highest BCUT2D eigenvalue weighted by atomic mass is 28.3. The first kappa shape index (κ1) is 49.3. The normalized spacial score (nSPS) is 13.8. The van der Waals surface area contributed by atoms with Crippen molar-refractivity contribution in [3.8, 4) is 0 Å². The van der Waals surface area contributed by atoms with Gasteiger partial charge in [0.05, 0.1) is 0 Å². The van der Waals surface area contributed by atoms with Crippen molar-refractivity contribution in [2.75, 3.05) is 0 Å². The topological polar surface area (TPSA) is 0 Å². The maximum atomic E-state index is 2.56. The van der Waals surface area contributed by atoms with Gasteiger partial charge in [-0.2, -0.15) is 0 Å². The van der Waals surface area contributed by atoms with Gasteiger partial charge in [-0.05, 0) is 174 Å². The monoisotopic (exact) mass is 963 g/mol. The zero-order chi connectivity index (χ0) is 50.5. The van der Waals surface area contributed by atoms with Crippen molar-refractivity contribution in [2.24, 2.45) is 5.92 Å². The Morgan fingerprint density at radius 1 is 0.288 bits per heavy atom. The molecule has 362 valence electrons. The van der Waals surface area contributed by atoms with Crippen molar-refractivity contribution < 1.29 is 0 Å². The lowest BCUT2D eigenvalue weighted by Gasteiger charge is -2.45. The highest BCUT2D eigenvalue weighted by Crippen LogP contribution is 2.44. The van der Waals surface area contributed by atoms with Crippen molar-refractivity contribution in [3.63, 3.8) is 0 Å². The van der Waals surface area contributed by atoms with E-state index in [1.54, 1.807) is 20.8 Å². The van der Waals surface area contributed by atoms with E-state index in [1.807, 2.05) is 0 Å². The third-order valence-corrected chi connectivity index (χ3v) is 22.4. The van der Waals surface area contributed by atoms with Crippen LogP contribution in [0.1, 0.15) is 111 Å². The molecule has 73 heavy (non-hydrogen) atoms. The van der Waals surface area contributed by atoms with Crippen molar-refractivity contribution in [1.29, 1.82) is 0 Å². The minimum absolute atomic E-state index is 0.219. The Hall–Kier alpha value is -7.32. The third kappa shape index (κ3) is 9.97. The number of aryl methyl sites for hydroxylation is 3. The smallest absolute Gasteiger partial charge is 0.0636 e. The minimum Gasteiger partial charge on any atom is -0.0636 e. The number of benzene rings is 9. The Kier molecular flexibility index (Phi) is 14.7. The molecule has 1 heteroatoms. The van der Waals surface area contributed by atoms with Gasteiger partial charge in [-0.1, -0.05) is 258 Å². The molecule has 0 bridgehead atoms. The van der Waals surface area contributed by atoms with E-state index in [-0.39, 0.29) is 5.92 Å². The fourth-order valence-corrected chi connectivity index (χ4v) is 20.0. The molecule has 1 aliphatic rings. The molecule has 0 fully saturated rings. The highest BCUT2D eigenvalue weighted by molar-refractivity contribution is 7.17. The first-order valence-electron chi connectivity index (χ1n) is 26.6. The van der Waals surface area contributed by atoms with Gasteiger partial charge in [0.25, 0.3) is 0 Å². The largest absolute Gasteiger partial charge is 0.178 e. The molecule has 0 heterocycles. The van der Waals surface area contributed by atoms with E-state index in [4.69, 9.17) is 0 Å². The Labute approximate surface area is 437 Å². The predicted octanol–water partition coefficient (Wildman–Crippen LogP) is 15.5. The molecule has 0 aliphatic heterocycles. The van der Waals surface area contributed by atoms with Crippen LogP contribution in [0.25, 0.3) is 0 Å². The summed E-state index contributed by atoms with van der Waals surface area (Å²) in [5.41, 5.74) is 25.4. The molecule has 0 amide bonds. The number of allylic oxidation sites excluding steroid dienone is 4. The summed E-state index contributed by atoms with van der Waals surface area (Å²) in [6.07, 6.45) is 5.10. The average molecular weight is 963 g/mol. The Morgan fingerprint density at radius 2 is 0.534 bits per heavy atom. The second-order valence-electron chi connectivity index (χ2n) is 21.0. The number of hydrogen-bond acceptors (Lipinski definition) is 0. The molecule has 0 N–H and O–H groups in total. The van der Waals surface area contributed by atoms with E-state index < -0.39 is 8.07 Å². The maximum Gasteiger partial charge on any atom is 0.178 e. The molecule has 9 aromatic rings. The number of hydrogen-bond donors (Lipinski definition) is 0. The Balaban J connectivity index is 1.46. The summed E-state index contributed by atoms with van der Waals surface area (Å²) < 4.78 is 0. The quantitative estimate of drug-likeness (QED) is 0.0669. The van der Waals surface area contributed by atoms with Crippen molar-refractivity contribution in [1.82, 2.24) is 0 Å². The van der Waals surface area contributed by atoms with Crippen LogP contribution in [0, 0.1) is 26.7 Å². The molecule has 0 radical (unpaired) electrons. The first-order chi connectivity index (χ1) is 35.6. The van der Waals surface area contributed by atoms with Crippen LogP contribution in [-0.4, -0.2) is 8.07 Å². The van der Waals surface area contributed by atoms with Crippen LogP contribution in [0.4, 0.5) is 0 Å². The molecule has 0 saturated carbocycles. The molecule has 10 rings (SSSR count). The first-order valence-corrected chi connectivity index (χ1v) is 28.6. The summed E-state index contributed by atoms with van der Waals surface area (Å²) in [7, 11) is -3.54. The van der Waals surface area contributed by atoms with Gasteiger partial charge in [0.15, 0.2) is 8.07 Å². The lowest BCUT2D eigenvalue weighted by Crippen LogP contribution is -2.74. The van der Waals surface area contributed by atoms with E-state index in [2.05, 4.69) is 267 Å². The molecule has 1 aliphatic carbocycles. The standard InChI is InChI=1S/C72H70Si/c1-50-38-41-63(44-57-26-14-8-15-27-57)66(47-60-32-20-11-21-33-60)69(50)73(72-55(6)53(4)54(5)56(72)7,70-51(2)39-42-64(45-58-28-16-9-17-29-58)67(70)48-61-34-22-12-23-35-61)71-52(3)40-43-65(46-59-30-18-10-19-31-59)68(71)49-62-36-24-13-25-37-62/h8-43,55H,44-49H2,1-7H3. The second kappa shape index (κ2) is 21.8. The summed E-state index contributed by atoms with van der Waals surface area (Å²) >= 11 is 0. The number of rotatable bonds is 16. The van der Waals surface area contributed by atoms with Crippen molar-refractivity contribution >= 4 is 23.6 Å². The highest BCUT2D eigenvalue weighted by Gasteiger charge is 2.53. The zero-order valence-corrected chi connectivity index (χ0v) is 45.1. The maximum absolute atomic E-state index is 3.54. The van der Waals surface area contributed by atoms with E-state index in [1.165, 1.54) is 100 Å². The van der Waals surface area contributed by atoms with Crippen molar-refractivity contribution in [2.45, 2.75) is 87.0 Å². The van der Waals surface area contributed by atoms with E-state index >= 15 is 0 Å². The molecular weight excluding hydrogens is 893 g/mol. The molecular formula is C72H70Si. The summed E-state index contributed by atoms with van der Waals surface area (Å²) in [6, 6.07) is 82.8. The third-order valence-electron chi connectivity index (χ3n) is 16.4. The lowest BCUT2D eigenvalue weighted by atomic mass is 9.92. The van der Waals surface area contributed by atoms with Crippen LogP contribution in [0.5, 0.6) is 0 Å². The van der Waals surface area contributed by atoms with Gasteiger partial charge < -0.3 is 0 Å². The summed E-state index contributed by atoms with van der Waals surface area (Å²) in [4.78, 5) is 0. The molecule has 0 nitrogen and oxygen atoms in total. The van der Waals surface area contributed by atoms with Gasteiger partial charge in [-0.15, -0.1) is 0 Å². The Morgan fingerprint density at radius 3 is 0.767 bits per heavy atom. The van der Waals surface area contributed by atoms with Crippen LogP contribution >= 0.6 is 0 Å². The van der Waals surface area contributed by atoms with Crippen LogP contribution in [0.15, 0.2) is 240 Å². The van der Waals surface area contributed by atoms with E-state index in [0.29, 0.717) is 0 Å². The van der Waals surface area contributed by atoms with Gasteiger partial charge in [-0.25, -0.2) is 0 Å². The van der Waals surface area contributed by atoms with Gasteiger partial charge in [-0.3, -0.25) is 0 Å². The summed E-state index contributed by atoms with van der Waals surface area (Å²) in [6.45, 7) is 17.3. The molecule has 1 unspecified atom stereocenters. The van der Waals surface area contributed by atoms with Crippen molar-refractivity contribution in [3.05, 3.63) is 324 Å². The van der Waals surface area contributed by atoms with Crippen LogP contribution in [0.2, 0.25) is 0 Å². The molecule has 0 spiro atoms. The fourth-order valence-electron chi connectivity index (χ4n) is 12.7. The zero-order valence-electron chi connectivity index (χ0n) is 44.1. The van der Waals surface area contributed by atoms with Crippen LogP contribution in [0.3, 0.4) is 0 Å². The predicted molar refractivity (Wildman–Crippen MR) is 314 cm³/mol. The van der Waals surface area contributed by atoms with Gasteiger partial charge in [0.2, 0.25) is 0 Å². The molecule has 1 atom stereocenters. The Bertz CT molecular complexity index is 3090.